The maximum Gasteiger partial charge on any atom is 0.435 e. The zero-order valence-electron chi connectivity index (χ0n) is 15.0. The number of piperazine rings is 1. The smallest absolute Gasteiger partial charge is 0.339 e. The van der Waals surface area contributed by atoms with Gasteiger partial charge in [0.15, 0.2) is 5.69 Å². The molecule has 1 aliphatic heterocycles. The Morgan fingerprint density at radius 2 is 1.56 bits per heavy atom. The molecule has 1 aromatic carbocycles. The lowest BCUT2D eigenvalue weighted by atomic mass is 10.1. The molecule has 0 spiro atoms. The van der Waals surface area contributed by atoms with Crippen LogP contribution in [0.15, 0.2) is 30.3 Å². The molecule has 6 nitrogen and oxygen atoms in total. The first-order chi connectivity index (χ1) is 12.7. The lowest BCUT2D eigenvalue weighted by Crippen LogP contribution is -2.50. The first-order valence-corrected chi connectivity index (χ1v) is 8.47. The lowest BCUT2D eigenvalue weighted by Gasteiger charge is -2.34. The van der Waals surface area contributed by atoms with E-state index in [0.29, 0.717) is 18.8 Å². The van der Waals surface area contributed by atoms with Crippen molar-refractivity contribution in [1.29, 1.82) is 0 Å². The maximum absolute atomic E-state index is 13.6. The highest BCUT2D eigenvalue weighted by atomic mass is 19.4. The van der Waals surface area contributed by atoms with Gasteiger partial charge in [-0.1, -0.05) is 18.2 Å². The number of hydrogen-bond acceptors (Lipinski definition) is 3. The molecule has 27 heavy (non-hydrogen) atoms. The monoisotopic (exact) mass is 380 g/mol. The van der Waals surface area contributed by atoms with Crippen LogP contribution in [0, 0.1) is 6.92 Å². The summed E-state index contributed by atoms with van der Waals surface area (Å²) >= 11 is 0. The molecule has 0 saturated carbocycles. The van der Waals surface area contributed by atoms with Crippen molar-refractivity contribution in [2.45, 2.75) is 20.0 Å². The number of carbonyl (C=O) groups is 2. The summed E-state index contributed by atoms with van der Waals surface area (Å²) in [4.78, 5) is 27.2. The van der Waals surface area contributed by atoms with Gasteiger partial charge < -0.3 is 9.80 Å². The van der Waals surface area contributed by atoms with E-state index in [2.05, 4.69) is 5.10 Å². The van der Waals surface area contributed by atoms with Crippen molar-refractivity contribution in [3.8, 4) is 5.69 Å². The summed E-state index contributed by atoms with van der Waals surface area (Å²) < 4.78 is 41.8. The van der Waals surface area contributed by atoms with E-state index in [9.17, 15) is 22.8 Å². The van der Waals surface area contributed by atoms with Gasteiger partial charge in [-0.3, -0.25) is 9.59 Å². The first kappa shape index (κ1) is 18.9. The van der Waals surface area contributed by atoms with Crippen LogP contribution in [-0.2, 0) is 11.0 Å². The number of hydrogen-bond donors (Lipinski definition) is 0. The molecule has 2 aromatic rings. The van der Waals surface area contributed by atoms with Crippen molar-refractivity contribution < 1.29 is 22.8 Å². The Hall–Kier alpha value is -2.84. The van der Waals surface area contributed by atoms with Crippen molar-refractivity contribution in [3.05, 3.63) is 47.3 Å². The Bertz CT molecular complexity index is 853. The van der Waals surface area contributed by atoms with Crippen LogP contribution in [0.1, 0.15) is 28.7 Å². The number of nitrogens with zero attached hydrogens (tertiary/aromatic N) is 4. The third-order valence-electron chi connectivity index (χ3n) is 4.61. The van der Waals surface area contributed by atoms with Crippen LogP contribution < -0.4 is 0 Å². The van der Waals surface area contributed by atoms with Gasteiger partial charge in [-0.15, -0.1) is 0 Å². The van der Waals surface area contributed by atoms with E-state index in [1.807, 2.05) is 0 Å². The molecule has 1 aromatic heterocycles. The van der Waals surface area contributed by atoms with E-state index < -0.39 is 23.3 Å². The lowest BCUT2D eigenvalue weighted by molar-refractivity contribution is -0.141. The Labute approximate surface area is 154 Å². The van der Waals surface area contributed by atoms with Gasteiger partial charge in [-0.05, 0) is 19.1 Å². The second kappa shape index (κ2) is 7.05. The molecule has 3 rings (SSSR count). The van der Waals surface area contributed by atoms with E-state index in [1.54, 1.807) is 35.2 Å². The number of para-hydroxylation sites is 1. The Morgan fingerprint density at radius 1 is 1.00 bits per heavy atom. The number of alkyl halides is 3. The number of halogens is 3. The fourth-order valence-electron chi connectivity index (χ4n) is 3.16. The van der Waals surface area contributed by atoms with Crippen LogP contribution in [0.3, 0.4) is 0 Å². The number of benzene rings is 1. The van der Waals surface area contributed by atoms with Crippen molar-refractivity contribution in [2.24, 2.45) is 0 Å². The summed E-state index contributed by atoms with van der Waals surface area (Å²) in [5.41, 5.74) is -1.06. The molecule has 2 amide bonds. The minimum absolute atomic E-state index is 0.119. The van der Waals surface area contributed by atoms with Crippen molar-refractivity contribution in [1.82, 2.24) is 19.6 Å². The molecule has 2 heterocycles. The van der Waals surface area contributed by atoms with Crippen LogP contribution in [0.25, 0.3) is 5.69 Å². The molecular weight excluding hydrogens is 361 g/mol. The number of rotatable bonds is 2. The molecule has 9 heteroatoms. The third-order valence-corrected chi connectivity index (χ3v) is 4.61. The van der Waals surface area contributed by atoms with Gasteiger partial charge >= 0.3 is 6.18 Å². The third kappa shape index (κ3) is 3.67. The van der Waals surface area contributed by atoms with Crippen LogP contribution >= 0.6 is 0 Å². The molecule has 0 unspecified atom stereocenters. The largest absolute Gasteiger partial charge is 0.435 e. The van der Waals surface area contributed by atoms with Gasteiger partial charge in [-0.2, -0.15) is 18.3 Å². The van der Waals surface area contributed by atoms with Crippen LogP contribution in [0.2, 0.25) is 0 Å². The zero-order valence-corrected chi connectivity index (χ0v) is 15.0. The Balaban J connectivity index is 1.98. The highest BCUT2D eigenvalue weighted by Gasteiger charge is 2.42. The summed E-state index contributed by atoms with van der Waals surface area (Å²) in [7, 11) is 0. The second-order valence-electron chi connectivity index (χ2n) is 6.35. The van der Waals surface area contributed by atoms with E-state index >= 15 is 0 Å². The second-order valence-corrected chi connectivity index (χ2v) is 6.35. The Kier molecular flexibility index (Phi) is 4.95. The van der Waals surface area contributed by atoms with E-state index in [4.69, 9.17) is 0 Å². The maximum atomic E-state index is 13.6. The molecule has 0 atom stereocenters. The van der Waals surface area contributed by atoms with Crippen LogP contribution in [0.4, 0.5) is 13.2 Å². The fraction of sp³-hybridized carbons (Fsp3) is 0.389. The van der Waals surface area contributed by atoms with Crippen molar-refractivity contribution >= 4 is 11.8 Å². The molecule has 0 bridgehead atoms. The van der Waals surface area contributed by atoms with Gasteiger partial charge in [0.25, 0.3) is 5.91 Å². The van der Waals surface area contributed by atoms with E-state index in [0.717, 1.165) is 4.68 Å². The average Bonchev–Trinajstić information content (AvgIpc) is 2.99. The van der Waals surface area contributed by atoms with Gasteiger partial charge in [-0.25, -0.2) is 4.68 Å². The number of amides is 2. The van der Waals surface area contributed by atoms with Crippen molar-refractivity contribution in [2.75, 3.05) is 26.2 Å². The topological polar surface area (TPSA) is 58.4 Å². The molecule has 144 valence electrons. The first-order valence-electron chi connectivity index (χ1n) is 8.47. The minimum atomic E-state index is -4.75. The van der Waals surface area contributed by atoms with Crippen molar-refractivity contribution in [3.63, 3.8) is 0 Å². The van der Waals surface area contributed by atoms with Gasteiger partial charge in [0.2, 0.25) is 5.91 Å². The summed E-state index contributed by atoms with van der Waals surface area (Å²) in [6, 6.07) is 8.37. The molecule has 0 N–H and O–H groups in total. The zero-order chi connectivity index (χ0) is 19.8. The standard InChI is InChI=1S/C18H19F3N4O2/c1-12-15(17(27)24-10-8-23(9-11-24)13(2)26)16(18(19,20)21)22-25(12)14-6-4-3-5-7-14/h3-7H,8-11H2,1-2H3. The summed E-state index contributed by atoms with van der Waals surface area (Å²) in [5, 5.41) is 3.69. The summed E-state index contributed by atoms with van der Waals surface area (Å²) in [5.74, 6) is -0.837. The number of carbonyl (C=O) groups excluding carboxylic acids is 2. The highest BCUT2D eigenvalue weighted by Crippen LogP contribution is 2.34. The molecule has 1 fully saturated rings. The molecule has 0 radical (unpaired) electrons. The SMILES string of the molecule is CC(=O)N1CCN(C(=O)c2c(C(F)(F)F)nn(-c3ccccc3)c2C)CC1. The molecular formula is C18H19F3N4O2. The molecule has 1 aliphatic rings. The predicted molar refractivity (Wildman–Crippen MR) is 91.5 cm³/mol. The molecule has 0 aliphatic carbocycles. The Morgan fingerprint density at radius 3 is 2.07 bits per heavy atom. The minimum Gasteiger partial charge on any atom is -0.339 e. The summed E-state index contributed by atoms with van der Waals surface area (Å²) in [6.07, 6.45) is -4.75. The fourth-order valence-corrected chi connectivity index (χ4v) is 3.16. The summed E-state index contributed by atoms with van der Waals surface area (Å²) in [6.45, 7) is 3.85. The highest BCUT2D eigenvalue weighted by molar-refractivity contribution is 5.97. The van der Waals surface area contributed by atoms with Gasteiger partial charge in [0.05, 0.1) is 16.9 Å². The van der Waals surface area contributed by atoms with Crippen LogP contribution in [0.5, 0.6) is 0 Å². The molecule has 1 saturated heterocycles. The van der Waals surface area contributed by atoms with E-state index in [-0.39, 0.29) is 24.7 Å². The normalized spacial score (nSPS) is 15.1. The van der Waals surface area contributed by atoms with Gasteiger partial charge in [0, 0.05) is 33.1 Å². The predicted octanol–water partition coefficient (Wildman–Crippen LogP) is 2.50. The van der Waals surface area contributed by atoms with Crippen LogP contribution in [-0.4, -0.2) is 57.6 Å². The quantitative estimate of drug-likeness (QED) is 0.805. The number of aromatic nitrogens is 2. The van der Waals surface area contributed by atoms with Gasteiger partial charge in [0.1, 0.15) is 0 Å². The van der Waals surface area contributed by atoms with E-state index in [1.165, 1.54) is 18.7 Å². The average molecular weight is 380 g/mol.